The number of carbonyl (C=O) groups excluding carboxylic acids is 1. The number of nitrogen functional groups attached to an aromatic ring is 1. The molecule has 0 spiro atoms. The van der Waals surface area contributed by atoms with Gasteiger partial charge in [0.1, 0.15) is 0 Å². The number of aromatic nitrogens is 1. The number of fused-ring (bicyclic) bond motifs is 1. The van der Waals surface area contributed by atoms with E-state index >= 15 is 0 Å². The van der Waals surface area contributed by atoms with E-state index in [9.17, 15) is 4.79 Å². The maximum absolute atomic E-state index is 12.2. The third-order valence-corrected chi connectivity index (χ3v) is 9.21. The highest BCUT2D eigenvalue weighted by atomic mass is 79.9. The number of aliphatic imine (C=N–C) groups is 1. The fraction of sp³-hybridized carbons (Fsp3) is 0.441. The molecule has 6 heteroatoms. The van der Waals surface area contributed by atoms with Crippen LogP contribution in [-0.4, -0.2) is 16.6 Å². The Labute approximate surface area is 247 Å². The lowest BCUT2D eigenvalue weighted by Gasteiger charge is -2.26. The third-order valence-electron chi connectivity index (χ3n) is 8.72. The van der Waals surface area contributed by atoms with Crippen molar-refractivity contribution in [1.29, 1.82) is 0 Å². The third kappa shape index (κ3) is 7.20. The van der Waals surface area contributed by atoms with Crippen molar-refractivity contribution >= 4 is 44.6 Å². The summed E-state index contributed by atoms with van der Waals surface area (Å²) in [5, 5.41) is 2.94. The van der Waals surface area contributed by atoms with E-state index in [-0.39, 0.29) is 11.8 Å². The average Bonchev–Trinajstić information content (AvgIpc) is 3.39. The molecule has 2 aromatic carbocycles. The minimum atomic E-state index is 0.107. The molecule has 210 valence electrons. The number of nitrogens with zero attached hydrogens (tertiary/aromatic N) is 2. The zero-order valence-corrected chi connectivity index (χ0v) is 25.3. The van der Waals surface area contributed by atoms with Gasteiger partial charge in [-0.15, -0.1) is 0 Å². The number of anilines is 2. The molecule has 2 saturated carbocycles. The first-order chi connectivity index (χ1) is 19.4. The minimum Gasteiger partial charge on any atom is -0.397 e. The number of nitrogens with one attached hydrogen (secondary N) is 1. The summed E-state index contributed by atoms with van der Waals surface area (Å²) in [5.74, 6) is 2.46. The van der Waals surface area contributed by atoms with Gasteiger partial charge >= 0.3 is 0 Å². The molecule has 4 atom stereocenters. The Balaban J connectivity index is 0.000000165. The molecule has 2 aliphatic carbocycles. The van der Waals surface area contributed by atoms with Gasteiger partial charge in [0.25, 0.3) is 0 Å². The predicted octanol–water partition coefficient (Wildman–Crippen LogP) is 9.00. The first-order valence-electron chi connectivity index (χ1n) is 14.8. The van der Waals surface area contributed by atoms with Crippen LogP contribution in [0.5, 0.6) is 0 Å². The lowest BCUT2D eigenvalue weighted by Crippen LogP contribution is -2.27. The number of amides is 1. The molecule has 4 unspecified atom stereocenters. The second-order valence-corrected chi connectivity index (χ2v) is 12.9. The Kier molecular flexibility index (Phi) is 9.36. The number of carbonyl (C=O) groups is 1. The van der Waals surface area contributed by atoms with Gasteiger partial charge in [0.05, 0.1) is 17.1 Å². The fourth-order valence-corrected chi connectivity index (χ4v) is 6.86. The molecule has 3 N–H and O–H groups in total. The first kappa shape index (κ1) is 28.5. The zero-order valence-electron chi connectivity index (χ0n) is 23.7. The monoisotopic (exact) mass is 600 g/mol. The van der Waals surface area contributed by atoms with E-state index in [1.807, 2.05) is 24.5 Å². The van der Waals surface area contributed by atoms with Crippen LogP contribution in [0.3, 0.4) is 0 Å². The Hall–Kier alpha value is -2.99. The summed E-state index contributed by atoms with van der Waals surface area (Å²) in [6.45, 7) is 4.60. The van der Waals surface area contributed by atoms with Crippen LogP contribution in [0.4, 0.5) is 17.1 Å². The van der Waals surface area contributed by atoms with Crippen molar-refractivity contribution in [2.75, 3.05) is 11.1 Å². The number of pyridine rings is 1. The Bertz CT molecular complexity index is 1360. The molecule has 3 aliphatic rings. The summed E-state index contributed by atoms with van der Waals surface area (Å²) in [6.07, 6.45) is 14.5. The van der Waals surface area contributed by atoms with Crippen LogP contribution in [0.25, 0.3) is 11.1 Å². The van der Waals surface area contributed by atoms with E-state index in [1.54, 1.807) is 6.07 Å². The summed E-state index contributed by atoms with van der Waals surface area (Å²) in [5.41, 5.74) is 13.7. The summed E-state index contributed by atoms with van der Waals surface area (Å²) >= 11 is 3.35. The van der Waals surface area contributed by atoms with Gasteiger partial charge in [-0.2, -0.15) is 0 Å². The molecule has 0 saturated heterocycles. The maximum atomic E-state index is 12.2. The highest BCUT2D eigenvalue weighted by Gasteiger charge is 2.27. The van der Waals surface area contributed by atoms with Crippen LogP contribution in [0.2, 0.25) is 0 Å². The van der Waals surface area contributed by atoms with E-state index in [2.05, 4.69) is 70.4 Å². The topological polar surface area (TPSA) is 80.4 Å². The number of rotatable bonds is 4. The second-order valence-electron chi connectivity index (χ2n) is 12.0. The molecule has 3 aromatic rings. The SMILES string of the molecule is CC1CCCC(C(=O)Nc2ccc(Br)cc2N)C1.CC1CCCC(C2=Nc3ccc(-c4ccncc4)cc3C2)C1. The number of halogens is 1. The van der Waals surface area contributed by atoms with E-state index in [1.165, 1.54) is 60.2 Å². The smallest absolute Gasteiger partial charge is 0.227 e. The first-order valence-corrected chi connectivity index (χ1v) is 15.6. The molecule has 1 aromatic heterocycles. The van der Waals surface area contributed by atoms with Gasteiger partial charge in [-0.1, -0.05) is 61.5 Å². The fourth-order valence-electron chi connectivity index (χ4n) is 6.48. The van der Waals surface area contributed by atoms with Crippen molar-refractivity contribution in [3.05, 3.63) is 71.0 Å². The van der Waals surface area contributed by atoms with E-state index in [4.69, 9.17) is 10.7 Å². The molecular formula is C34H41BrN4O. The van der Waals surface area contributed by atoms with Crippen LogP contribution in [-0.2, 0) is 11.2 Å². The molecule has 0 radical (unpaired) electrons. The van der Waals surface area contributed by atoms with Gasteiger partial charge in [0.2, 0.25) is 5.91 Å². The van der Waals surface area contributed by atoms with Crippen molar-refractivity contribution in [3.8, 4) is 11.1 Å². The quantitative estimate of drug-likeness (QED) is 0.293. The lowest BCUT2D eigenvalue weighted by molar-refractivity contribution is -0.121. The van der Waals surface area contributed by atoms with Crippen LogP contribution >= 0.6 is 15.9 Å². The molecule has 2 fully saturated rings. The van der Waals surface area contributed by atoms with E-state index < -0.39 is 0 Å². The van der Waals surface area contributed by atoms with Gasteiger partial charge in [-0.3, -0.25) is 14.8 Å². The molecule has 6 rings (SSSR count). The second kappa shape index (κ2) is 13.1. The molecule has 0 bridgehead atoms. The average molecular weight is 602 g/mol. The van der Waals surface area contributed by atoms with Gasteiger partial charge in [0, 0.05) is 34.9 Å². The molecule has 40 heavy (non-hydrogen) atoms. The highest BCUT2D eigenvalue weighted by Crippen LogP contribution is 2.37. The number of benzene rings is 2. The van der Waals surface area contributed by atoms with Crippen LogP contribution < -0.4 is 11.1 Å². The largest absolute Gasteiger partial charge is 0.397 e. The van der Waals surface area contributed by atoms with E-state index in [0.717, 1.165) is 36.1 Å². The molecular weight excluding hydrogens is 560 g/mol. The summed E-state index contributed by atoms with van der Waals surface area (Å²) in [7, 11) is 0. The standard InChI is InChI=1S/C20H22N2.C14H19BrN2O/c1-14-3-2-4-17(11-14)20-13-18-12-16(5-6-19(18)22-20)15-7-9-21-10-8-15;1-9-3-2-4-10(7-9)14(18)17-13-6-5-11(15)8-12(13)16/h5-10,12,14,17H,2-4,11,13H2,1H3;5-6,8-10H,2-4,7,16H2,1H3,(H,17,18). The predicted molar refractivity (Wildman–Crippen MR) is 170 cm³/mol. The Morgan fingerprint density at radius 3 is 2.38 bits per heavy atom. The van der Waals surface area contributed by atoms with Crippen molar-refractivity contribution in [2.45, 2.75) is 71.6 Å². The summed E-state index contributed by atoms with van der Waals surface area (Å²) in [4.78, 5) is 21.2. The number of hydrogen-bond acceptors (Lipinski definition) is 4. The highest BCUT2D eigenvalue weighted by molar-refractivity contribution is 9.10. The molecule has 5 nitrogen and oxygen atoms in total. The van der Waals surface area contributed by atoms with Gasteiger partial charge in [-0.05, 0) is 103 Å². The van der Waals surface area contributed by atoms with Gasteiger partial charge in [0.15, 0.2) is 0 Å². The summed E-state index contributed by atoms with van der Waals surface area (Å²) < 4.78 is 0.921. The van der Waals surface area contributed by atoms with Gasteiger partial charge < -0.3 is 11.1 Å². The van der Waals surface area contributed by atoms with Crippen LogP contribution in [0.15, 0.2) is 70.4 Å². The zero-order chi connectivity index (χ0) is 28.1. The van der Waals surface area contributed by atoms with Gasteiger partial charge in [-0.25, -0.2) is 0 Å². The van der Waals surface area contributed by atoms with Crippen LogP contribution in [0.1, 0.15) is 70.8 Å². The normalized spacial score (nSPS) is 23.8. The van der Waals surface area contributed by atoms with Crippen LogP contribution in [0, 0.1) is 23.7 Å². The molecule has 2 heterocycles. The van der Waals surface area contributed by atoms with E-state index in [0.29, 0.717) is 23.2 Å². The Morgan fingerprint density at radius 1 is 0.900 bits per heavy atom. The van der Waals surface area contributed by atoms with Crippen molar-refractivity contribution in [1.82, 2.24) is 4.98 Å². The minimum absolute atomic E-state index is 0.107. The summed E-state index contributed by atoms with van der Waals surface area (Å²) in [6, 6.07) is 16.3. The maximum Gasteiger partial charge on any atom is 0.227 e. The van der Waals surface area contributed by atoms with Crippen molar-refractivity contribution in [2.24, 2.45) is 28.7 Å². The molecule has 1 aliphatic heterocycles. The number of nitrogens with two attached hydrogens (primary N) is 1. The van der Waals surface area contributed by atoms with Crippen molar-refractivity contribution < 1.29 is 4.79 Å². The lowest BCUT2D eigenvalue weighted by atomic mass is 9.79. The Morgan fingerprint density at radius 2 is 1.65 bits per heavy atom. The number of hydrogen-bond donors (Lipinski definition) is 2. The molecule has 1 amide bonds. The van der Waals surface area contributed by atoms with Crippen molar-refractivity contribution in [3.63, 3.8) is 0 Å².